The molecule has 0 amide bonds. The van der Waals surface area contributed by atoms with E-state index in [2.05, 4.69) is 5.32 Å². The van der Waals surface area contributed by atoms with Crippen molar-refractivity contribution in [2.24, 2.45) is 5.92 Å². The summed E-state index contributed by atoms with van der Waals surface area (Å²) in [6.07, 6.45) is 3.02. The Labute approximate surface area is 122 Å². The predicted octanol–water partition coefficient (Wildman–Crippen LogP) is 2.66. The number of hydrogen-bond donors (Lipinski definition) is 1. The van der Waals surface area contributed by atoms with E-state index in [1.807, 2.05) is 0 Å². The molecule has 2 unspecified atom stereocenters. The molecule has 1 saturated heterocycles. The highest BCUT2D eigenvalue weighted by molar-refractivity contribution is 7.91. The van der Waals surface area contributed by atoms with Crippen LogP contribution in [0.1, 0.15) is 19.3 Å². The molecule has 116 valence electrons. The summed E-state index contributed by atoms with van der Waals surface area (Å²) in [6.45, 7) is 0.614. The molecule has 1 aromatic rings. The summed E-state index contributed by atoms with van der Waals surface area (Å²) in [5.74, 6) is -2.91. The summed E-state index contributed by atoms with van der Waals surface area (Å²) in [5, 5.41) is 3.10. The van der Waals surface area contributed by atoms with E-state index >= 15 is 0 Å². The SMILES string of the molecule is O=S(=O)(c1ccccc1NC1CCOC1C1CC1)C(F)F. The van der Waals surface area contributed by atoms with Gasteiger partial charge in [-0.3, -0.25) is 0 Å². The Bertz CT molecular complexity index is 616. The highest BCUT2D eigenvalue weighted by atomic mass is 32.2. The summed E-state index contributed by atoms with van der Waals surface area (Å²) in [5.41, 5.74) is 0.235. The lowest BCUT2D eigenvalue weighted by Crippen LogP contribution is -2.31. The molecule has 0 radical (unpaired) electrons. The molecule has 0 spiro atoms. The molecule has 0 aromatic heterocycles. The van der Waals surface area contributed by atoms with Crippen LogP contribution in [-0.4, -0.2) is 32.9 Å². The highest BCUT2D eigenvalue weighted by Gasteiger charge is 2.41. The molecule has 1 saturated carbocycles. The molecule has 1 aliphatic heterocycles. The second kappa shape index (κ2) is 5.53. The largest absolute Gasteiger partial charge is 0.379 e. The Morgan fingerprint density at radius 3 is 2.57 bits per heavy atom. The Hall–Kier alpha value is -1.21. The summed E-state index contributed by atoms with van der Waals surface area (Å²) in [7, 11) is -4.61. The molecular formula is C14H17F2NO3S. The Balaban J connectivity index is 1.86. The van der Waals surface area contributed by atoms with Gasteiger partial charge < -0.3 is 10.1 Å². The van der Waals surface area contributed by atoms with E-state index in [1.165, 1.54) is 18.2 Å². The van der Waals surface area contributed by atoms with Gasteiger partial charge in [-0.1, -0.05) is 12.1 Å². The van der Waals surface area contributed by atoms with Crippen LogP contribution in [0.3, 0.4) is 0 Å². The minimum absolute atomic E-state index is 0.0217. The highest BCUT2D eigenvalue weighted by Crippen LogP contribution is 2.40. The zero-order chi connectivity index (χ0) is 15.0. The Morgan fingerprint density at radius 1 is 1.19 bits per heavy atom. The van der Waals surface area contributed by atoms with Crippen molar-refractivity contribution < 1.29 is 21.9 Å². The maximum atomic E-state index is 12.8. The normalized spacial score (nSPS) is 26.2. The quantitative estimate of drug-likeness (QED) is 0.907. The monoisotopic (exact) mass is 317 g/mol. The maximum absolute atomic E-state index is 12.8. The van der Waals surface area contributed by atoms with Gasteiger partial charge in [-0.05, 0) is 37.3 Å². The first kappa shape index (κ1) is 14.7. The van der Waals surface area contributed by atoms with Crippen LogP contribution in [0.25, 0.3) is 0 Å². The number of sulfone groups is 1. The number of benzene rings is 1. The van der Waals surface area contributed by atoms with Crippen molar-refractivity contribution in [3.05, 3.63) is 24.3 Å². The number of rotatable bonds is 5. The fourth-order valence-corrected chi connectivity index (χ4v) is 3.68. The smallest absolute Gasteiger partial charge is 0.341 e. The fourth-order valence-electron chi connectivity index (χ4n) is 2.78. The van der Waals surface area contributed by atoms with Crippen LogP contribution in [0.15, 0.2) is 29.2 Å². The molecule has 1 N–H and O–H groups in total. The number of anilines is 1. The summed E-state index contributed by atoms with van der Waals surface area (Å²) >= 11 is 0. The van der Waals surface area contributed by atoms with Crippen LogP contribution in [-0.2, 0) is 14.6 Å². The first-order valence-corrected chi connectivity index (χ1v) is 8.54. The lowest BCUT2D eigenvalue weighted by Gasteiger charge is -2.22. The van der Waals surface area contributed by atoms with Crippen molar-refractivity contribution in [2.45, 2.75) is 42.1 Å². The van der Waals surface area contributed by atoms with E-state index in [0.29, 0.717) is 12.5 Å². The predicted molar refractivity (Wildman–Crippen MR) is 74.1 cm³/mol. The molecular weight excluding hydrogens is 300 g/mol. The van der Waals surface area contributed by atoms with Crippen molar-refractivity contribution in [3.63, 3.8) is 0 Å². The number of nitrogens with one attached hydrogen (secondary N) is 1. The van der Waals surface area contributed by atoms with Gasteiger partial charge in [-0.2, -0.15) is 8.78 Å². The third-order valence-corrected chi connectivity index (χ3v) is 5.43. The minimum Gasteiger partial charge on any atom is -0.379 e. The first-order valence-electron chi connectivity index (χ1n) is 6.99. The molecule has 1 heterocycles. The molecule has 21 heavy (non-hydrogen) atoms. The van der Waals surface area contributed by atoms with Crippen molar-refractivity contribution in [3.8, 4) is 0 Å². The maximum Gasteiger partial charge on any atom is 0.341 e. The Kier molecular flexibility index (Phi) is 3.88. The molecule has 2 fully saturated rings. The third-order valence-electron chi connectivity index (χ3n) is 3.99. The van der Waals surface area contributed by atoms with Crippen molar-refractivity contribution in [2.75, 3.05) is 11.9 Å². The molecule has 4 nitrogen and oxygen atoms in total. The van der Waals surface area contributed by atoms with Gasteiger partial charge in [0, 0.05) is 6.61 Å². The average molecular weight is 317 g/mol. The van der Waals surface area contributed by atoms with Gasteiger partial charge in [0.2, 0.25) is 9.84 Å². The minimum atomic E-state index is -4.61. The molecule has 1 aromatic carbocycles. The van der Waals surface area contributed by atoms with Gasteiger partial charge >= 0.3 is 5.76 Å². The lowest BCUT2D eigenvalue weighted by atomic mass is 10.1. The van der Waals surface area contributed by atoms with Gasteiger partial charge in [-0.15, -0.1) is 0 Å². The topological polar surface area (TPSA) is 55.4 Å². The first-order chi connectivity index (χ1) is 10.00. The van der Waals surface area contributed by atoms with E-state index in [9.17, 15) is 17.2 Å². The van der Waals surface area contributed by atoms with Crippen LogP contribution in [0.2, 0.25) is 0 Å². The molecule has 3 rings (SSSR count). The van der Waals surface area contributed by atoms with E-state index in [-0.39, 0.29) is 22.7 Å². The molecule has 7 heteroatoms. The second-order valence-electron chi connectivity index (χ2n) is 5.51. The third kappa shape index (κ3) is 2.89. The average Bonchev–Trinajstić information content (AvgIpc) is 3.19. The number of ether oxygens (including phenoxy) is 1. The van der Waals surface area contributed by atoms with Crippen molar-refractivity contribution in [1.82, 2.24) is 0 Å². The summed E-state index contributed by atoms with van der Waals surface area (Å²) < 4.78 is 54.7. The van der Waals surface area contributed by atoms with Gasteiger partial charge in [-0.25, -0.2) is 8.42 Å². The molecule has 1 aliphatic carbocycles. The zero-order valence-corrected chi connectivity index (χ0v) is 12.2. The van der Waals surface area contributed by atoms with Crippen LogP contribution < -0.4 is 5.32 Å². The van der Waals surface area contributed by atoms with Crippen molar-refractivity contribution >= 4 is 15.5 Å². The number of para-hydroxylation sites is 1. The van der Waals surface area contributed by atoms with Gasteiger partial charge in [0.1, 0.15) is 0 Å². The van der Waals surface area contributed by atoms with Gasteiger partial charge in [0.05, 0.1) is 22.7 Å². The zero-order valence-electron chi connectivity index (χ0n) is 11.3. The van der Waals surface area contributed by atoms with Gasteiger partial charge in [0.25, 0.3) is 0 Å². The van der Waals surface area contributed by atoms with Crippen LogP contribution in [0, 0.1) is 5.92 Å². The van der Waals surface area contributed by atoms with Crippen LogP contribution in [0.4, 0.5) is 14.5 Å². The van der Waals surface area contributed by atoms with Crippen molar-refractivity contribution in [1.29, 1.82) is 0 Å². The van der Waals surface area contributed by atoms with Gasteiger partial charge in [0.15, 0.2) is 0 Å². The van der Waals surface area contributed by atoms with E-state index in [1.54, 1.807) is 6.07 Å². The standard InChI is InChI=1S/C14H17F2NO3S/c15-14(16)21(18,19)12-4-2-1-3-10(12)17-11-7-8-20-13(11)9-5-6-9/h1-4,9,11,13-14,17H,5-8H2. The molecule has 0 bridgehead atoms. The second-order valence-corrected chi connectivity index (χ2v) is 7.40. The van der Waals surface area contributed by atoms with Crippen LogP contribution in [0.5, 0.6) is 0 Å². The fraction of sp³-hybridized carbons (Fsp3) is 0.571. The van der Waals surface area contributed by atoms with E-state index in [4.69, 9.17) is 4.74 Å². The van der Waals surface area contributed by atoms with E-state index < -0.39 is 15.6 Å². The Morgan fingerprint density at radius 2 is 1.90 bits per heavy atom. The summed E-state index contributed by atoms with van der Waals surface area (Å²) in [6, 6.07) is 5.80. The number of hydrogen-bond acceptors (Lipinski definition) is 4. The van der Waals surface area contributed by atoms with E-state index in [0.717, 1.165) is 19.3 Å². The number of alkyl halides is 2. The summed E-state index contributed by atoms with van der Waals surface area (Å²) in [4.78, 5) is -0.346. The molecule has 2 atom stereocenters. The number of halogens is 2. The lowest BCUT2D eigenvalue weighted by molar-refractivity contribution is 0.0898. The molecule has 2 aliphatic rings. The van der Waals surface area contributed by atoms with Crippen LogP contribution >= 0.6 is 0 Å².